The first kappa shape index (κ1) is 15.7. The Bertz CT molecular complexity index is 761. The Labute approximate surface area is 135 Å². The molecule has 1 aliphatic rings. The molecule has 1 aromatic carbocycles. The van der Waals surface area contributed by atoms with E-state index in [-0.39, 0.29) is 17.9 Å². The summed E-state index contributed by atoms with van der Waals surface area (Å²) in [4.78, 5) is 28.6. The Balaban J connectivity index is 1.74. The molecule has 0 aliphatic carbocycles. The van der Waals surface area contributed by atoms with Crippen molar-refractivity contribution in [3.8, 4) is 0 Å². The van der Waals surface area contributed by atoms with Crippen molar-refractivity contribution in [1.29, 1.82) is 0 Å². The van der Waals surface area contributed by atoms with E-state index in [1.54, 1.807) is 10.7 Å². The monoisotopic (exact) mass is 314 g/mol. The second kappa shape index (κ2) is 6.50. The Morgan fingerprint density at radius 3 is 2.57 bits per heavy atom. The lowest BCUT2D eigenvalue weighted by Crippen LogP contribution is -2.51. The van der Waals surface area contributed by atoms with Crippen LogP contribution in [0.15, 0.2) is 35.3 Å². The van der Waals surface area contributed by atoms with E-state index in [2.05, 4.69) is 23.8 Å². The van der Waals surface area contributed by atoms with Crippen molar-refractivity contribution in [3.05, 3.63) is 40.7 Å². The number of hydrogen-bond acceptors (Lipinski definition) is 4. The van der Waals surface area contributed by atoms with Crippen LogP contribution in [0.5, 0.6) is 0 Å². The molecular weight excluding hydrogens is 292 g/mol. The third-order valence-electron chi connectivity index (χ3n) is 4.44. The number of fused-ring (bicyclic) bond motifs is 1. The summed E-state index contributed by atoms with van der Waals surface area (Å²) < 4.78 is 1.62. The fourth-order valence-electron chi connectivity index (χ4n) is 3.00. The summed E-state index contributed by atoms with van der Waals surface area (Å²) in [6.45, 7) is 7.82. The molecular formula is C17H22N4O2. The smallest absolute Gasteiger partial charge is 0.244 e. The number of carbonyl (C=O) groups excluding carboxylic acids is 1. The highest BCUT2D eigenvalue weighted by molar-refractivity contribution is 5.81. The Kier molecular flexibility index (Phi) is 4.43. The average Bonchev–Trinajstić information content (AvgIpc) is 2.57. The minimum Gasteiger partial charge on any atom is -0.339 e. The van der Waals surface area contributed by atoms with Gasteiger partial charge in [0.25, 0.3) is 0 Å². The van der Waals surface area contributed by atoms with E-state index in [1.807, 2.05) is 23.1 Å². The molecule has 1 aliphatic heterocycles. The van der Waals surface area contributed by atoms with E-state index in [4.69, 9.17) is 0 Å². The third kappa shape index (κ3) is 3.27. The number of aromatic nitrogens is 2. The normalized spacial score (nSPS) is 16.2. The molecule has 3 rings (SSSR count). The molecule has 1 fully saturated rings. The summed E-state index contributed by atoms with van der Waals surface area (Å²) in [6, 6.07) is 7.78. The van der Waals surface area contributed by atoms with Crippen LogP contribution in [0, 0.1) is 0 Å². The van der Waals surface area contributed by atoms with Crippen molar-refractivity contribution >= 4 is 16.8 Å². The van der Waals surface area contributed by atoms with Crippen LogP contribution in [0.3, 0.4) is 0 Å². The van der Waals surface area contributed by atoms with E-state index in [9.17, 15) is 9.59 Å². The number of carbonyl (C=O) groups is 1. The van der Waals surface area contributed by atoms with Crippen molar-refractivity contribution in [3.63, 3.8) is 0 Å². The molecule has 2 heterocycles. The molecule has 0 unspecified atom stereocenters. The van der Waals surface area contributed by atoms with Crippen molar-refractivity contribution in [2.75, 3.05) is 26.2 Å². The summed E-state index contributed by atoms with van der Waals surface area (Å²) in [6.07, 6.45) is 1.28. The highest BCUT2D eigenvalue weighted by Gasteiger charge is 2.22. The Morgan fingerprint density at radius 1 is 1.17 bits per heavy atom. The lowest BCUT2D eigenvalue weighted by atomic mass is 10.2. The number of hydrogen-bond donors (Lipinski definition) is 0. The molecule has 23 heavy (non-hydrogen) atoms. The molecule has 6 heteroatoms. The van der Waals surface area contributed by atoms with Crippen LogP contribution < -0.4 is 5.43 Å². The topological polar surface area (TPSA) is 58.4 Å². The summed E-state index contributed by atoms with van der Waals surface area (Å²) in [5.74, 6) is 0.0507. The quantitative estimate of drug-likeness (QED) is 0.846. The number of para-hydroxylation sites is 1. The lowest BCUT2D eigenvalue weighted by molar-refractivity contribution is -0.134. The van der Waals surface area contributed by atoms with Crippen molar-refractivity contribution in [2.45, 2.75) is 26.4 Å². The molecule has 122 valence electrons. The van der Waals surface area contributed by atoms with Gasteiger partial charge in [-0.25, -0.2) is 0 Å². The van der Waals surface area contributed by atoms with Crippen LogP contribution in [0.2, 0.25) is 0 Å². The second-order valence-electron chi connectivity index (χ2n) is 6.19. The molecule has 1 saturated heterocycles. The van der Waals surface area contributed by atoms with Crippen LogP contribution >= 0.6 is 0 Å². The molecule has 1 aromatic heterocycles. The van der Waals surface area contributed by atoms with E-state index in [0.717, 1.165) is 26.2 Å². The van der Waals surface area contributed by atoms with Crippen LogP contribution in [0.25, 0.3) is 10.9 Å². The molecule has 0 radical (unpaired) electrons. The maximum atomic E-state index is 12.5. The van der Waals surface area contributed by atoms with E-state index in [0.29, 0.717) is 16.9 Å². The van der Waals surface area contributed by atoms with Crippen LogP contribution in [-0.2, 0) is 11.3 Å². The highest BCUT2D eigenvalue weighted by atomic mass is 16.2. The number of benzene rings is 1. The van der Waals surface area contributed by atoms with Crippen molar-refractivity contribution in [2.24, 2.45) is 0 Å². The molecule has 0 N–H and O–H groups in total. The number of nitrogens with zero attached hydrogens (tertiary/aromatic N) is 4. The van der Waals surface area contributed by atoms with Gasteiger partial charge in [-0.3, -0.25) is 19.2 Å². The van der Waals surface area contributed by atoms with Gasteiger partial charge in [-0.15, -0.1) is 0 Å². The summed E-state index contributed by atoms with van der Waals surface area (Å²) >= 11 is 0. The van der Waals surface area contributed by atoms with Gasteiger partial charge in [-0.1, -0.05) is 12.1 Å². The van der Waals surface area contributed by atoms with Gasteiger partial charge in [0.15, 0.2) is 0 Å². The van der Waals surface area contributed by atoms with Crippen LogP contribution in [0.1, 0.15) is 13.8 Å². The zero-order valence-corrected chi connectivity index (χ0v) is 13.6. The zero-order valence-electron chi connectivity index (χ0n) is 13.6. The molecule has 2 aromatic rings. The van der Waals surface area contributed by atoms with Crippen LogP contribution in [-0.4, -0.2) is 57.7 Å². The second-order valence-corrected chi connectivity index (χ2v) is 6.19. The summed E-state index contributed by atoms with van der Waals surface area (Å²) in [5, 5.41) is 4.73. The SMILES string of the molecule is CC(C)N1CCN(C(=O)Cn2ncc(=O)c3ccccc32)CC1. The third-order valence-corrected chi connectivity index (χ3v) is 4.44. The van der Waals surface area contributed by atoms with E-state index >= 15 is 0 Å². The van der Waals surface area contributed by atoms with Gasteiger partial charge in [0.05, 0.1) is 11.7 Å². The van der Waals surface area contributed by atoms with Gasteiger partial charge < -0.3 is 4.90 Å². The highest BCUT2D eigenvalue weighted by Crippen LogP contribution is 2.10. The maximum Gasteiger partial charge on any atom is 0.244 e. The van der Waals surface area contributed by atoms with E-state index in [1.165, 1.54) is 6.20 Å². The summed E-state index contributed by atoms with van der Waals surface area (Å²) in [5.41, 5.74) is 0.587. The molecule has 0 spiro atoms. The zero-order chi connectivity index (χ0) is 16.4. The minimum atomic E-state index is -0.116. The number of rotatable bonds is 3. The van der Waals surface area contributed by atoms with Gasteiger partial charge in [-0.2, -0.15) is 5.10 Å². The minimum absolute atomic E-state index is 0.0507. The van der Waals surface area contributed by atoms with Gasteiger partial charge in [-0.05, 0) is 26.0 Å². The summed E-state index contributed by atoms with van der Waals surface area (Å²) in [7, 11) is 0. The molecule has 0 bridgehead atoms. The standard InChI is InChI=1S/C17H22N4O2/c1-13(2)19-7-9-20(10-8-19)17(23)12-21-15-6-4-3-5-14(15)16(22)11-18-21/h3-6,11,13H,7-10,12H2,1-2H3. The fourth-order valence-corrected chi connectivity index (χ4v) is 3.00. The fraction of sp³-hybridized carbons (Fsp3) is 0.471. The molecule has 0 saturated carbocycles. The maximum absolute atomic E-state index is 12.5. The number of piperazine rings is 1. The van der Waals surface area contributed by atoms with Gasteiger partial charge in [0.1, 0.15) is 6.54 Å². The first-order valence-electron chi connectivity index (χ1n) is 8.03. The van der Waals surface area contributed by atoms with Crippen molar-refractivity contribution < 1.29 is 4.79 Å². The Hall–Kier alpha value is -2.21. The van der Waals surface area contributed by atoms with Gasteiger partial charge in [0.2, 0.25) is 11.3 Å². The van der Waals surface area contributed by atoms with E-state index < -0.39 is 0 Å². The molecule has 1 amide bonds. The van der Waals surface area contributed by atoms with Gasteiger partial charge in [0, 0.05) is 37.6 Å². The predicted molar refractivity (Wildman–Crippen MR) is 89.3 cm³/mol. The predicted octanol–water partition coefficient (Wildman–Crippen LogP) is 0.949. The first-order chi connectivity index (χ1) is 11.1. The van der Waals surface area contributed by atoms with Crippen LogP contribution in [0.4, 0.5) is 0 Å². The largest absolute Gasteiger partial charge is 0.339 e. The lowest BCUT2D eigenvalue weighted by Gasteiger charge is -2.37. The molecule has 0 atom stereocenters. The first-order valence-corrected chi connectivity index (χ1v) is 8.03. The molecule has 6 nitrogen and oxygen atoms in total. The Morgan fingerprint density at radius 2 is 1.87 bits per heavy atom. The van der Waals surface area contributed by atoms with Crippen molar-refractivity contribution in [1.82, 2.24) is 19.6 Å². The van der Waals surface area contributed by atoms with Gasteiger partial charge >= 0.3 is 0 Å². The average molecular weight is 314 g/mol. The number of amides is 1.